The summed E-state index contributed by atoms with van der Waals surface area (Å²) in [5, 5.41) is -0.131. The molecule has 2 aliphatic rings. The minimum absolute atomic E-state index is 0.129. The van der Waals surface area contributed by atoms with Gasteiger partial charge in [-0.05, 0) is 29.5 Å². The first-order chi connectivity index (χ1) is 8.45. The summed E-state index contributed by atoms with van der Waals surface area (Å²) in [4.78, 5) is 36.9. The highest BCUT2D eigenvalue weighted by Gasteiger charge is 2.64. The van der Waals surface area contributed by atoms with Crippen LogP contribution in [-0.2, 0) is 23.9 Å². The molecule has 18 heavy (non-hydrogen) atoms. The first-order valence-corrected chi connectivity index (χ1v) is 7.66. The van der Waals surface area contributed by atoms with E-state index in [1.165, 1.54) is 23.8 Å². The molecule has 8 heteroatoms. The Labute approximate surface area is 122 Å². The van der Waals surface area contributed by atoms with Crippen molar-refractivity contribution in [3.8, 4) is 0 Å². The first kappa shape index (κ1) is 13.9. The molecule has 2 rings (SSSR count). The molecule has 100 valence electrons. The van der Waals surface area contributed by atoms with Gasteiger partial charge in [0, 0.05) is 0 Å². The average Bonchev–Trinajstić information content (AvgIpc) is 2.58. The van der Waals surface area contributed by atoms with Crippen molar-refractivity contribution in [3.05, 3.63) is 0 Å². The van der Waals surface area contributed by atoms with E-state index in [9.17, 15) is 14.4 Å². The van der Waals surface area contributed by atoms with Crippen molar-refractivity contribution < 1.29 is 23.9 Å². The van der Waals surface area contributed by atoms with Gasteiger partial charge >= 0.3 is 11.9 Å². The molecule has 1 amide bonds. The molecule has 0 unspecified atom stereocenters. The Bertz CT molecular complexity index is 417. The van der Waals surface area contributed by atoms with Crippen LogP contribution >= 0.6 is 34.4 Å². The number of amides is 1. The van der Waals surface area contributed by atoms with Crippen LogP contribution in [0.3, 0.4) is 0 Å². The molecule has 0 aromatic rings. The molecule has 0 aliphatic carbocycles. The fourth-order valence-corrected chi connectivity index (χ4v) is 4.23. The van der Waals surface area contributed by atoms with E-state index in [4.69, 9.17) is 9.47 Å². The summed E-state index contributed by atoms with van der Waals surface area (Å²) in [6.45, 7) is 1.62. The molecule has 0 aromatic heterocycles. The Kier molecular flexibility index (Phi) is 3.77. The van der Waals surface area contributed by atoms with E-state index in [0.717, 1.165) is 0 Å². The van der Waals surface area contributed by atoms with E-state index in [0.29, 0.717) is 6.42 Å². The van der Waals surface area contributed by atoms with Gasteiger partial charge in [0.2, 0.25) is 5.91 Å². The average molecular weight is 385 g/mol. The van der Waals surface area contributed by atoms with Gasteiger partial charge in [-0.15, -0.1) is 11.8 Å². The number of esters is 2. The van der Waals surface area contributed by atoms with E-state index in [-0.39, 0.29) is 15.9 Å². The summed E-state index contributed by atoms with van der Waals surface area (Å²) in [7, 11) is 1.27. The number of fused-ring (bicyclic) bond motifs is 1. The highest BCUT2D eigenvalue weighted by Crippen LogP contribution is 2.51. The van der Waals surface area contributed by atoms with Gasteiger partial charge in [-0.25, -0.2) is 4.79 Å². The summed E-state index contributed by atoms with van der Waals surface area (Å²) in [6.07, 6.45) is 0.352. The lowest BCUT2D eigenvalue weighted by Gasteiger charge is -2.37. The molecule has 2 aliphatic heterocycles. The topological polar surface area (TPSA) is 72.9 Å². The number of carbonyl (C=O) groups excluding carboxylic acids is 3. The molecule has 3 atom stereocenters. The largest absolute Gasteiger partial charge is 0.468 e. The van der Waals surface area contributed by atoms with Gasteiger partial charge < -0.3 is 14.4 Å². The first-order valence-electron chi connectivity index (χ1n) is 5.25. The lowest BCUT2D eigenvalue weighted by Crippen LogP contribution is -2.59. The third-order valence-electron chi connectivity index (χ3n) is 3.14. The molecule has 0 aromatic carbocycles. The smallest absolute Gasteiger partial charge is 0.331 e. The third-order valence-corrected chi connectivity index (χ3v) is 5.00. The number of nitrogens with zero attached hydrogens (tertiary/aromatic N) is 1. The summed E-state index contributed by atoms with van der Waals surface area (Å²) in [5.74, 6) is -1.19. The van der Waals surface area contributed by atoms with E-state index >= 15 is 0 Å². The maximum atomic E-state index is 12.0. The fourth-order valence-electron chi connectivity index (χ4n) is 2.26. The zero-order chi connectivity index (χ0) is 13.5. The fraction of sp³-hybridized carbons (Fsp3) is 0.700. The number of ether oxygens (including phenoxy) is 2. The third kappa shape index (κ3) is 1.89. The second-order valence-corrected chi connectivity index (χ2v) is 6.40. The van der Waals surface area contributed by atoms with Gasteiger partial charge in [0.25, 0.3) is 0 Å². The van der Waals surface area contributed by atoms with Crippen LogP contribution in [0.5, 0.6) is 0 Å². The second kappa shape index (κ2) is 4.87. The van der Waals surface area contributed by atoms with E-state index in [1.807, 2.05) is 22.6 Å². The van der Waals surface area contributed by atoms with Crippen LogP contribution in [0.1, 0.15) is 13.3 Å². The van der Waals surface area contributed by atoms with Crippen LogP contribution in [0.4, 0.5) is 0 Å². The van der Waals surface area contributed by atoms with Crippen LogP contribution < -0.4 is 0 Å². The number of methoxy groups -OCH3 is 1. The number of halogens is 1. The molecule has 0 N–H and O–H groups in total. The van der Waals surface area contributed by atoms with Crippen molar-refractivity contribution >= 4 is 52.2 Å². The number of rotatable bonds is 3. The van der Waals surface area contributed by atoms with E-state index < -0.39 is 22.7 Å². The normalized spacial score (nSPS) is 33.7. The molecule has 0 saturated carbocycles. The molecule has 2 saturated heterocycles. The predicted octanol–water partition coefficient (Wildman–Crippen LogP) is 0.528. The molecule has 2 heterocycles. The number of β-lactam (4-membered cyclic amide) rings is 1. The predicted molar refractivity (Wildman–Crippen MR) is 72.0 cm³/mol. The van der Waals surface area contributed by atoms with Crippen LogP contribution in [-0.4, -0.2) is 50.6 Å². The van der Waals surface area contributed by atoms with Crippen molar-refractivity contribution in [1.29, 1.82) is 0 Å². The van der Waals surface area contributed by atoms with Crippen molar-refractivity contribution in [2.24, 2.45) is 0 Å². The van der Waals surface area contributed by atoms with E-state index in [1.54, 1.807) is 6.92 Å². The van der Waals surface area contributed by atoms with Crippen molar-refractivity contribution in [1.82, 2.24) is 4.90 Å². The van der Waals surface area contributed by atoms with Gasteiger partial charge in [-0.3, -0.25) is 9.59 Å². The quantitative estimate of drug-likeness (QED) is 0.306. The summed E-state index contributed by atoms with van der Waals surface area (Å²) in [6, 6.07) is -0.893. The van der Waals surface area contributed by atoms with Crippen LogP contribution in [0, 0.1) is 0 Å². The minimum atomic E-state index is -1.09. The Morgan fingerprint density at radius 1 is 1.61 bits per heavy atom. The highest BCUT2D eigenvalue weighted by molar-refractivity contribution is 14.1. The van der Waals surface area contributed by atoms with Crippen LogP contribution in [0.25, 0.3) is 0 Å². The Morgan fingerprint density at radius 2 is 2.28 bits per heavy atom. The monoisotopic (exact) mass is 385 g/mol. The summed E-state index contributed by atoms with van der Waals surface area (Å²) in [5.41, 5.74) is 0. The maximum absolute atomic E-state index is 12.0. The standard InChI is InChI=1S/C10H12INO5S/c1-10(9(15)16-2)7(8(14)17-4-11)12-5(13)3-6(12)18-10/h6-7H,3-4H2,1-2H3/t6-,7+,10-/m1/s1. The van der Waals surface area contributed by atoms with Crippen LogP contribution in [0.15, 0.2) is 0 Å². The van der Waals surface area contributed by atoms with Crippen molar-refractivity contribution in [2.45, 2.75) is 29.5 Å². The second-order valence-electron chi connectivity index (χ2n) is 4.15. The maximum Gasteiger partial charge on any atom is 0.331 e. The molecule has 0 spiro atoms. The zero-order valence-corrected chi connectivity index (χ0v) is 12.8. The van der Waals surface area contributed by atoms with Crippen molar-refractivity contribution in [3.63, 3.8) is 0 Å². The SMILES string of the molecule is COC(=O)[C@]1(C)S[C@@H]2CC(=O)N2[C@H]1C(=O)OCI. The lowest BCUT2D eigenvalue weighted by atomic mass is 9.96. The number of hydrogen-bond acceptors (Lipinski definition) is 6. The Morgan fingerprint density at radius 3 is 2.78 bits per heavy atom. The van der Waals surface area contributed by atoms with Gasteiger partial charge in [-0.1, -0.05) is 0 Å². The van der Waals surface area contributed by atoms with Crippen LogP contribution in [0.2, 0.25) is 0 Å². The minimum Gasteiger partial charge on any atom is -0.468 e. The molecule has 6 nitrogen and oxygen atoms in total. The molecular weight excluding hydrogens is 373 g/mol. The molecule has 0 bridgehead atoms. The number of alkyl halides is 1. The van der Waals surface area contributed by atoms with Crippen molar-refractivity contribution in [2.75, 3.05) is 11.7 Å². The zero-order valence-electron chi connectivity index (χ0n) is 9.84. The number of hydrogen-bond donors (Lipinski definition) is 0. The highest BCUT2D eigenvalue weighted by atomic mass is 127. The van der Waals surface area contributed by atoms with Gasteiger partial charge in [-0.2, -0.15) is 0 Å². The number of thioether (sulfide) groups is 1. The molecular formula is C10H12INO5S. The number of carbonyl (C=O) groups is 3. The Balaban J connectivity index is 2.31. The summed E-state index contributed by atoms with van der Waals surface area (Å²) >= 11 is 3.18. The molecule has 2 fully saturated rings. The van der Waals surface area contributed by atoms with E-state index in [2.05, 4.69) is 0 Å². The van der Waals surface area contributed by atoms with Gasteiger partial charge in [0.05, 0.1) is 18.9 Å². The Hall–Kier alpha value is -0.510. The lowest BCUT2D eigenvalue weighted by molar-refractivity contribution is -0.163. The molecule has 0 radical (unpaired) electrons. The summed E-state index contributed by atoms with van der Waals surface area (Å²) < 4.78 is 8.79. The van der Waals surface area contributed by atoms with Gasteiger partial charge in [0.1, 0.15) is 9.36 Å². The van der Waals surface area contributed by atoms with Gasteiger partial charge in [0.15, 0.2) is 6.04 Å².